The van der Waals surface area contributed by atoms with Crippen molar-refractivity contribution in [1.82, 2.24) is 0 Å². The third-order valence-corrected chi connectivity index (χ3v) is 3.45. The fourth-order valence-electron chi connectivity index (χ4n) is 2.47. The number of hydroxylamine groups is 1. The highest BCUT2D eigenvalue weighted by Gasteiger charge is 2.33. The second-order valence-electron chi connectivity index (χ2n) is 4.58. The van der Waals surface area contributed by atoms with Gasteiger partial charge in [0.2, 0.25) is 0 Å². The van der Waals surface area contributed by atoms with E-state index in [4.69, 9.17) is 14.3 Å². The number of fused-ring (bicyclic) bond motifs is 1. The van der Waals surface area contributed by atoms with Gasteiger partial charge in [-0.15, -0.1) is 6.58 Å². The molecule has 0 saturated carbocycles. The first-order chi connectivity index (χ1) is 9.65. The third-order valence-electron chi connectivity index (χ3n) is 3.45. The molecule has 0 saturated heterocycles. The van der Waals surface area contributed by atoms with Crippen molar-refractivity contribution >= 4 is 11.6 Å². The first-order valence-electron chi connectivity index (χ1n) is 6.40. The standard InChI is InChI=1S/C15H19NO4/c1-5-6-10-7-11-8-13(18-2)14(19-3)9-12(11)16(20-4)15(10)17/h5,8-10H,1,6-7H2,2-4H3. The lowest BCUT2D eigenvalue weighted by Crippen LogP contribution is -2.40. The molecule has 1 aliphatic heterocycles. The monoisotopic (exact) mass is 277 g/mol. The van der Waals surface area contributed by atoms with Crippen LogP contribution in [0.25, 0.3) is 0 Å². The molecule has 0 spiro atoms. The molecule has 0 bridgehead atoms. The van der Waals surface area contributed by atoms with Crippen LogP contribution in [0.4, 0.5) is 5.69 Å². The van der Waals surface area contributed by atoms with Gasteiger partial charge in [0.25, 0.3) is 5.91 Å². The van der Waals surface area contributed by atoms with Crippen molar-refractivity contribution in [3.8, 4) is 11.5 Å². The fraction of sp³-hybridized carbons (Fsp3) is 0.400. The zero-order valence-corrected chi connectivity index (χ0v) is 12.0. The van der Waals surface area contributed by atoms with E-state index in [2.05, 4.69) is 6.58 Å². The van der Waals surface area contributed by atoms with Crippen molar-refractivity contribution in [3.63, 3.8) is 0 Å². The van der Waals surface area contributed by atoms with Crippen molar-refractivity contribution < 1.29 is 19.1 Å². The van der Waals surface area contributed by atoms with Crippen LogP contribution >= 0.6 is 0 Å². The van der Waals surface area contributed by atoms with Crippen LogP contribution in [0.3, 0.4) is 0 Å². The van der Waals surface area contributed by atoms with Gasteiger partial charge in [0.05, 0.1) is 27.0 Å². The molecule has 1 heterocycles. The molecular formula is C15H19NO4. The quantitative estimate of drug-likeness (QED) is 0.775. The van der Waals surface area contributed by atoms with Gasteiger partial charge in [-0.25, -0.2) is 0 Å². The van der Waals surface area contributed by atoms with Crippen LogP contribution in [0.1, 0.15) is 12.0 Å². The molecule has 1 aliphatic rings. The van der Waals surface area contributed by atoms with Gasteiger partial charge in [-0.1, -0.05) is 6.08 Å². The van der Waals surface area contributed by atoms with Gasteiger partial charge in [-0.3, -0.25) is 9.63 Å². The lowest BCUT2D eigenvalue weighted by atomic mass is 9.90. The van der Waals surface area contributed by atoms with Gasteiger partial charge in [-0.05, 0) is 24.5 Å². The molecule has 1 amide bonds. The maximum absolute atomic E-state index is 12.3. The Morgan fingerprint density at radius 1 is 1.30 bits per heavy atom. The summed E-state index contributed by atoms with van der Waals surface area (Å²) in [6.07, 6.45) is 3.01. The van der Waals surface area contributed by atoms with E-state index in [0.29, 0.717) is 30.0 Å². The molecule has 1 atom stereocenters. The summed E-state index contributed by atoms with van der Waals surface area (Å²) >= 11 is 0. The summed E-state index contributed by atoms with van der Waals surface area (Å²) < 4.78 is 10.6. The first kappa shape index (κ1) is 14.4. The van der Waals surface area contributed by atoms with Crippen LogP contribution < -0.4 is 14.5 Å². The number of methoxy groups -OCH3 is 2. The normalized spacial score (nSPS) is 17.6. The number of carbonyl (C=O) groups excluding carboxylic acids is 1. The molecule has 5 nitrogen and oxygen atoms in total. The highest BCUT2D eigenvalue weighted by atomic mass is 16.7. The molecule has 1 aromatic carbocycles. The van der Waals surface area contributed by atoms with Crippen LogP contribution in [0.15, 0.2) is 24.8 Å². The topological polar surface area (TPSA) is 48.0 Å². The number of rotatable bonds is 5. The predicted octanol–water partition coefficient (Wildman–Crippen LogP) is 2.35. The van der Waals surface area contributed by atoms with Gasteiger partial charge in [-0.2, -0.15) is 5.06 Å². The minimum Gasteiger partial charge on any atom is -0.493 e. The smallest absolute Gasteiger partial charge is 0.254 e. The van der Waals surface area contributed by atoms with E-state index in [1.807, 2.05) is 6.07 Å². The lowest BCUT2D eigenvalue weighted by Gasteiger charge is -2.32. The minimum atomic E-state index is -0.155. The zero-order valence-electron chi connectivity index (χ0n) is 12.0. The Balaban J connectivity index is 2.50. The van der Waals surface area contributed by atoms with E-state index in [1.54, 1.807) is 26.4 Å². The first-order valence-corrected chi connectivity index (χ1v) is 6.40. The van der Waals surface area contributed by atoms with Crippen molar-refractivity contribution in [3.05, 3.63) is 30.4 Å². The molecule has 0 aromatic heterocycles. The average molecular weight is 277 g/mol. The number of amides is 1. The Kier molecular flexibility index (Phi) is 4.29. The van der Waals surface area contributed by atoms with Crippen LogP contribution in [-0.2, 0) is 16.1 Å². The lowest BCUT2D eigenvalue weighted by molar-refractivity contribution is -0.129. The number of benzene rings is 1. The molecule has 0 fully saturated rings. The van der Waals surface area contributed by atoms with Crippen molar-refractivity contribution in [2.45, 2.75) is 12.8 Å². The van der Waals surface area contributed by atoms with Crippen LogP contribution in [0, 0.1) is 5.92 Å². The molecule has 2 rings (SSSR count). The number of hydrogen-bond donors (Lipinski definition) is 0. The Hall–Kier alpha value is -2.01. The van der Waals surface area contributed by atoms with E-state index in [0.717, 1.165) is 5.56 Å². The van der Waals surface area contributed by atoms with Gasteiger partial charge in [0, 0.05) is 12.0 Å². The summed E-state index contributed by atoms with van der Waals surface area (Å²) in [6.45, 7) is 3.70. The number of carbonyl (C=O) groups is 1. The number of ether oxygens (including phenoxy) is 2. The summed E-state index contributed by atoms with van der Waals surface area (Å²) in [4.78, 5) is 17.6. The van der Waals surface area contributed by atoms with Gasteiger partial charge in [0.1, 0.15) is 0 Å². The van der Waals surface area contributed by atoms with Gasteiger partial charge < -0.3 is 9.47 Å². The molecule has 0 radical (unpaired) electrons. The Bertz CT molecular complexity index is 527. The van der Waals surface area contributed by atoms with Crippen molar-refractivity contribution in [2.75, 3.05) is 26.4 Å². The van der Waals surface area contributed by atoms with Crippen molar-refractivity contribution in [2.24, 2.45) is 5.92 Å². The molecule has 108 valence electrons. The number of hydrogen-bond acceptors (Lipinski definition) is 4. The minimum absolute atomic E-state index is 0.0629. The summed E-state index contributed by atoms with van der Waals surface area (Å²) in [7, 11) is 4.63. The van der Waals surface area contributed by atoms with E-state index in [9.17, 15) is 4.79 Å². The number of nitrogens with zero attached hydrogens (tertiary/aromatic N) is 1. The molecule has 1 aromatic rings. The Morgan fingerprint density at radius 2 is 1.95 bits per heavy atom. The predicted molar refractivity (Wildman–Crippen MR) is 76.0 cm³/mol. The van der Waals surface area contributed by atoms with E-state index >= 15 is 0 Å². The largest absolute Gasteiger partial charge is 0.493 e. The number of allylic oxidation sites excluding steroid dienone is 1. The fourth-order valence-corrected chi connectivity index (χ4v) is 2.47. The molecule has 20 heavy (non-hydrogen) atoms. The second-order valence-corrected chi connectivity index (χ2v) is 4.58. The highest BCUT2D eigenvalue weighted by Crippen LogP contribution is 2.40. The highest BCUT2D eigenvalue weighted by molar-refractivity contribution is 5.96. The molecule has 5 heteroatoms. The maximum Gasteiger partial charge on any atom is 0.254 e. The third kappa shape index (κ3) is 2.36. The van der Waals surface area contributed by atoms with Crippen LogP contribution in [0.5, 0.6) is 11.5 Å². The van der Waals surface area contributed by atoms with Gasteiger partial charge in [0.15, 0.2) is 11.5 Å². The summed E-state index contributed by atoms with van der Waals surface area (Å²) in [5.74, 6) is 1.00. The van der Waals surface area contributed by atoms with E-state index in [-0.39, 0.29) is 11.8 Å². The van der Waals surface area contributed by atoms with Crippen LogP contribution in [-0.4, -0.2) is 27.2 Å². The summed E-state index contributed by atoms with van der Waals surface area (Å²) in [5.41, 5.74) is 1.70. The molecule has 0 N–H and O–H groups in total. The molecule has 0 aliphatic carbocycles. The number of anilines is 1. The summed E-state index contributed by atoms with van der Waals surface area (Å²) in [5, 5.41) is 1.31. The molecular weight excluding hydrogens is 258 g/mol. The molecule has 1 unspecified atom stereocenters. The van der Waals surface area contributed by atoms with Crippen LogP contribution in [0.2, 0.25) is 0 Å². The average Bonchev–Trinajstić information content (AvgIpc) is 2.47. The zero-order chi connectivity index (χ0) is 14.7. The Labute approximate surface area is 118 Å². The van der Waals surface area contributed by atoms with Gasteiger partial charge >= 0.3 is 0 Å². The van der Waals surface area contributed by atoms with E-state index < -0.39 is 0 Å². The summed E-state index contributed by atoms with van der Waals surface area (Å²) in [6, 6.07) is 3.66. The SMILES string of the molecule is C=CCC1Cc2cc(OC)c(OC)cc2N(OC)C1=O. The maximum atomic E-state index is 12.3. The second kappa shape index (κ2) is 5.96. The van der Waals surface area contributed by atoms with E-state index in [1.165, 1.54) is 12.2 Å². The Morgan fingerprint density at radius 3 is 2.50 bits per heavy atom. The van der Waals surface area contributed by atoms with Crippen molar-refractivity contribution in [1.29, 1.82) is 0 Å².